The largest absolute Gasteiger partial charge is 0.462 e. The molecule has 1 aliphatic heterocycles. The lowest BCUT2D eigenvalue weighted by atomic mass is 9.87. The molecule has 0 amide bonds. The van der Waals surface area contributed by atoms with E-state index in [-0.39, 0.29) is 27.7 Å². The first kappa shape index (κ1) is 52.9. The fraction of sp³-hybridized carbons (Fsp3) is 0.906. The molecule has 1 aliphatic rings. The van der Waals surface area contributed by atoms with E-state index < -0.39 is 101 Å². The molecule has 0 aliphatic carbocycles. The maximum Gasteiger partial charge on any atom is 0.462 e. The average Bonchev–Trinajstić information content (AvgIpc) is 3.11. The summed E-state index contributed by atoms with van der Waals surface area (Å²) in [6.07, 6.45) is -21.0. The number of aliphatic hydroxyl groups is 1. The van der Waals surface area contributed by atoms with Gasteiger partial charge in [0.2, 0.25) is 5.60 Å². The van der Waals surface area contributed by atoms with Gasteiger partial charge in [-0.2, -0.15) is 48.3 Å². The van der Waals surface area contributed by atoms with Crippen LogP contribution in [0, 0.1) is 22.7 Å². The molecular formula is C32H53F11O8. The normalized spacial score (nSPS) is 21.8. The highest BCUT2D eigenvalue weighted by Crippen LogP contribution is 2.57. The second-order valence-electron chi connectivity index (χ2n) is 13.9. The van der Waals surface area contributed by atoms with Crippen LogP contribution in [-0.2, 0) is 33.3 Å². The summed E-state index contributed by atoms with van der Waals surface area (Å²) in [5, 5.41) is 9.45. The molecule has 1 heterocycles. The average molecular weight is 775 g/mol. The van der Waals surface area contributed by atoms with Crippen LogP contribution in [-0.4, -0.2) is 77.2 Å². The number of halogens is 11. The number of carbonyl (C=O) groups excluding carboxylic acids is 3. The van der Waals surface area contributed by atoms with Gasteiger partial charge in [0.15, 0.2) is 0 Å². The topological polar surface area (TPSA) is 108 Å². The van der Waals surface area contributed by atoms with Gasteiger partial charge in [-0.3, -0.25) is 14.4 Å². The molecule has 19 heteroatoms. The second kappa shape index (κ2) is 17.1. The maximum absolute atomic E-state index is 14.9. The van der Waals surface area contributed by atoms with Crippen LogP contribution >= 0.6 is 0 Å². The van der Waals surface area contributed by atoms with Crippen LogP contribution in [0.3, 0.4) is 0 Å². The first-order chi connectivity index (χ1) is 21.5. The Bertz CT molecular complexity index is 1150. The summed E-state index contributed by atoms with van der Waals surface area (Å²) in [5.41, 5.74) is -10.6. The molecule has 0 saturated carbocycles. The Kier molecular flexibility index (Phi) is 17.8. The van der Waals surface area contributed by atoms with Gasteiger partial charge in [0.25, 0.3) is 5.60 Å². The number of ether oxygens (including phenoxy) is 4. The van der Waals surface area contributed by atoms with Crippen LogP contribution in [0.4, 0.5) is 48.3 Å². The lowest BCUT2D eigenvalue weighted by Gasteiger charge is -2.39. The lowest BCUT2D eigenvalue weighted by molar-refractivity contribution is -0.410. The molecule has 1 rings (SSSR count). The van der Waals surface area contributed by atoms with Crippen molar-refractivity contribution in [1.29, 1.82) is 0 Å². The molecule has 3 unspecified atom stereocenters. The van der Waals surface area contributed by atoms with Crippen LogP contribution in [0.15, 0.2) is 0 Å². The van der Waals surface area contributed by atoms with Crippen LogP contribution in [0.2, 0.25) is 0 Å². The summed E-state index contributed by atoms with van der Waals surface area (Å²) >= 11 is 0. The first-order valence-corrected chi connectivity index (χ1v) is 15.1. The maximum atomic E-state index is 14.9. The Morgan fingerprint density at radius 3 is 1.47 bits per heavy atom. The fourth-order valence-corrected chi connectivity index (χ4v) is 3.71. The van der Waals surface area contributed by atoms with Crippen LogP contribution < -0.4 is 0 Å². The van der Waals surface area contributed by atoms with Crippen molar-refractivity contribution in [2.75, 3.05) is 6.61 Å². The van der Waals surface area contributed by atoms with Crippen molar-refractivity contribution >= 4 is 17.9 Å². The number of hydrogen-bond donors (Lipinski definition) is 1. The third kappa shape index (κ3) is 10.8. The highest BCUT2D eigenvalue weighted by molar-refractivity contribution is 5.77. The van der Waals surface area contributed by atoms with Crippen molar-refractivity contribution in [2.45, 2.75) is 158 Å². The van der Waals surface area contributed by atoms with Gasteiger partial charge in [-0.15, -0.1) is 0 Å². The Morgan fingerprint density at radius 1 is 0.765 bits per heavy atom. The molecule has 8 nitrogen and oxygen atoms in total. The highest BCUT2D eigenvalue weighted by atomic mass is 19.4. The van der Waals surface area contributed by atoms with Gasteiger partial charge in [-0.25, -0.2) is 0 Å². The monoisotopic (exact) mass is 774 g/mol. The highest BCUT2D eigenvalue weighted by Gasteiger charge is 2.86. The van der Waals surface area contributed by atoms with Gasteiger partial charge in [0, 0.05) is 0 Å². The van der Waals surface area contributed by atoms with Crippen molar-refractivity contribution in [3.05, 3.63) is 0 Å². The van der Waals surface area contributed by atoms with Gasteiger partial charge in [0.05, 0.1) is 23.4 Å². The molecule has 0 bridgehead atoms. The Hall–Kier alpha value is -2.44. The fourth-order valence-electron chi connectivity index (χ4n) is 3.71. The quantitative estimate of drug-likeness (QED) is 0.126. The van der Waals surface area contributed by atoms with Gasteiger partial charge < -0.3 is 24.1 Å². The molecule has 306 valence electrons. The number of hydrogen-bond acceptors (Lipinski definition) is 8. The predicted octanol–water partition coefficient (Wildman–Crippen LogP) is 9.36. The minimum absolute atomic E-state index is 0. The third-order valence-corrected chi connectivity index (χ3v) is 8.17. The predicted molar refractivity (Wildman–Crippen MR) is 163 cm³/mol. The van der Waals surface area contributed by atoms with E-state index in [0.717, 1.165) is 0 Å². The van der Waals surface area contributed by atoms with E-state index in [4.69, 9.17) is 4.74 Å². The van der Waals surface area contributed by atoms with Gasteiger partial charge in [-0.1, -0.05) is 56.4 Å². The summed E-state index contributed by atoms with van der Waals surface area (Å²) in [4.78, 5) is 35.7. The van der Waals surface area contributed by atoms with E-state index in [1.165, 1.54) is 55.4 Å². The standard InChI is InChI=1S/C16H23F5O5.C14H22F6O3.2CH4/c1-7-12(4,5)11(23)26-13(6)8-24-15(14(13,17)18,16(19,20)21)25-10(22)9(2)3;1-6-11(4,5)10(21)23-9(7-8(2)3)12(22,13(15,16)17)14(18,19)20;;/h9H,7-8H2,1-6H3;8-9,22H,6-7H2,1-5H3;2*1H4. The van der Waals surface area contributed by atoms with Crippen LogP contribution in [0.5, 0.6) is 0 Å². The third-order valence-electron chi connectivity index (χ3n) is 8.17. The number of alkyl halides is 11. The summed E-state index contributed by atoms with van der Waals surface area (Å²) in [6, 6.07) is 0. The van der Waals surface area contributed by atoms with E-state index in [1.807, 2.05) is 0 Å². The summed E-state index contributed by atoms with van der Waals surface area (Å²) in [5.74, 6) is -15.0. The van der Waals surface area contributed by atoms with E-state index in [2.05, 4.69) is 14.2 Å². The van der Waals surface area contributed by atoms with E-state index >= 15 is 0 Å². The molecule has 0 spiro atoms. The molecule has 0 radical (unpaired) electrons. The smallest absolute Gasteiger partial charge is 0.458 e. The van der Waals surface area contributed by atoms with Crippen molar-refractivity contribution in [1.82, 2.24) is 0 Å². The summed E-state index contributed by atoms with van der Waals surface area (Å²) in [6.45, 7) is 13.0. The van der Waals surface area contributed by atoms with E-state index in [0.29, 0.717) is 6.92 Å². The summed E-state index contributed by atoms with van der Waals surface area (Å²) < 4.78 is 166. The zero-order valence-corrected chi connectivity index (χ0v) is 29.0. The minimum Gasteiger partial charge on any atom is -0.458 e. The Balaban J connectivity index is -0.000000876. The molecule has 0 aromatic heterocycles. The van der Waals surface area contributed by atoms with E-state index in [9.17, 15) is 67.8 Å². The lowest BCUT2D eigenvalue weighted by Crippen LogP contribution is -2.65. The molecule has 51 heavy (non-hydrogen) atoms. The van der Waals surface area contributed by atoms with Gasteiger partial charge in [-0.05, 0) is 59.8 Å². The van der Waals surface area contributed by atoms with Crippen LogP contribution in [0.1, 0.15) is 110 Å². The van der Waals surface area contributed by atoms with E-state index in [1.54, 1.807) is 13.8 Å². The van der Waals surface area contributed by atoms with Gasteiger partial charge >= 0.3 is 48.1 Å². The summed E-state index contributed by atoms with van der Waals surface area (Å²) in [7, 11) is 0. The van der Waals surface area contributed by atoms with Crippen molar-refractivity contribution in [2.24, 2.45) is 22.7 Å². The second-order valence-corrected chi connectivity index (χ2v) is 13.9. The first-order valence-electron chi connectivity index (χ1n) is 15.1. The number of esters is 3. The minimum atomic E-state index is -6.04. The molecule has 1 fully saturated rings. The van der Waals surface area contributed by atoms with Crippen molar-refractivity contribution in [3.8, 4) is 0 Å². The van der Waals surface area contributed by atoms with Crippen LogP contribution in [0.25, 0.3) is 0 Å². The molecule has 1 N–H and O–H groups in total. The Labute approximate surface area is 292 Å². The Morgan fingerprint density at radius 2 is 1.16 bits per heavy atom. The molecule has 1 saturated heterocycles. The SMILES string of the molecule is C.C.CCC(C)(C)C(=O)OC(CC(C)C)C(O)(C(F)(F)F)C(F)(F)F.CCC(C)(C)C(=O)OC1(C)COC(OC(=O)C(C)C)(C(F)(F)F)C1(F)F. The molecule has 0 aromatic carbocycles. The zero-order chi connectivity index (χ0) is 39.6. The molecular weight excluding hydrogens is 721 g/mol. The zero-order valence-electron chi connectivity index (χ0n) is 29.0. The number of carbonyl (C=O) groups is 3. The van der Waals surface area contributed by atoms with Crippen molar-refractivity contribution in [3.63, 3.8) is 0 Å². The van der Waals surface area contributed by atoms with Gasteiger partial charge in [0.1, 0.15) is 6.10 Å². The molecule has 3 atom stereocenters. The van der Waals surface area contributed by atoms with Crippen molar-refractivity contribution < 1.29 is 86.7 Å². The number of rotatable bonds is 11. The molecule has 0 aromatic rings.